The third-order valence-corrected chi connectivity index (χ3v) is 12.2. The molecule has 6 rings (SSSR count). The number of carbonyl (C=O) groups is 2. The van der Waals surface area contributed by atoms with E-state index in [9.17, 15) is 19.6 Å². The Morgan fingerprint density at radius 1 is 0.952 bits per heavy atom. The third kappa shape index (κ3) is 11.1. The summed E-state index contributed by atoms with van der Waals surface area (Å²) in [4.78, 5) is 46.4. The fourth-order valence-electron chi connectivity index (χ4n) is 7.22. The first-order valence-corrected chi connectivity index (χ1v) is 21.4. The molecule has 0 bridgehead atoms. The number of benzene rings is 4. The van der Waals surface area contributed by atoms with Crippen LogP contribution in [0, 0.1) is 11.3 Å². The molecule has 2 heterocycles. The molecule has 62 heavy (non-hydrogen) atoms. The molecule has 2 unspecified atom stereocenters. The number of nitrogens with one attached hydrogen (secondary N) is 1. The number of aldehydes is 1. The first-order chi connectivity index (χ1) is 30.1. The molecule has 0 aliphatic carbocycles. The van der Waals surface area contributed by atoms with Crippen LogP contribution in [0.2, 0.25) is 0 Å². The van der Waals surface area contributed by atoms with Crippen molar-refractivity contribution in [1.29, 1.82) is 5.26 Å². The van der Waals surface area contributed by atoms with Gasteiger partial charge in [-0.25, -0.2) is 14.4 Å². The highest BCUT2D eigenvalue weighted by molar-refractivity contribution is 7.44. The van der Waals surface area contributed by atoms with Crippen LogP contribution in [0.5, 0.6) is 11.5 Å². The summed E-state index contributed by atoms with van der Waals surface area (Å²) in [6, 6.07) is 35.6. The predicted molar refractivity (Wildman–Crippen MR) is 233 cm³/mol. The van der Waals surface area contributed by atoms with E-state index in [1.54, 1.807) is 43.5 Å². The number of amides is 1. The van der Waals surface area contributed by atoms with Crippen LogP contribution in [0.1, 0.15) is 73.8 Å². The normalized spacial score (nSPS) is 17.6. The van der Waals surface area contributed by atoms with Gasteiger partial charge in [-0.05, 0) is 68.7 Å². The number of rotatable bonds is 21. The summed E-state index contributed by atoms with van der Waals surface area (Å²) in [5, 5.41) is 11.9. The number of hydrogen-bond donors (Lipinski definition) is 1. The molecular weight excluding hydrogens is 812 g/mol. The van der Waals surface area contributed by atoms with Crippen LogP contribution in [-0.4, -0.2) is 82.6 Å². The summed E-state index contributed by atoms with van der Waals surface area (Å²) in [6.45, 7) is 7.98. The Hall–Kier alpha value is -5.85. The van der Waals surface area contributed by atoms with Gasteiger partial charge in [0, 0.05) is 24.1 Å². The molecule has 1 aromatic heterocycles. The van der Waals surface area contributed by atoms with Crippen molar-refractivity contribution >= 4 is 26.7 Å². The number of ether oxygens (including phenoxy) is 4. The molecule has 4 aromatic carbocycles. The van der Waals surface area contributed by atoms with E-state index in [1.165, 1.54) is 10.9 Å². The number of para-hydroxylation sites is 1. The van der Waals surface area contributed by atoms with E-state index in [0.29, 0.717) is 17.1 Å². The highest BCUT2D eigenvalue weighted by atomic mass is 31.2. The molecule has 1 saturated heterocycles. The first-order valence-electron chi connectivity index (χ1n) is 20.3. The molecule has 1 aliphatic heterocycles. The average molecular weight is 863 g/mol. The lowest BCUT2D eigenvalue weighted by molar-refractivity contribution is -0.118. The Bertz CT molecular complexity index is 2300. The molecule has 5 aromatic rings. The zero-order valence-corrected chi connectivity index (χ0v) is 36.2. The molecule has 1 fully saturated rings. The molecular formula is C46H51N6O9P. The van der Waals surface area contributed by atoms with Crippen molar-refractivity contribution in [3.8, 4) is 17.6 Å². The monoisotopic (exact) mass is 862 g/mol. The largest absolute Gasteiger partial charge is 0.497 e. The highest BCUT2D eigenvalue weighted by Crippen LogP contribution is 2.50. The maximum absolute atomic E-state index is 13.6. The Balaban J connectivity index is 1.35. The highest BCUT2D eigenvalue weighted by Gasteiger charge is 2.45. The lowest BCUT2D eigenvalue weighted by Crippen LogP contribution is -2.39. The third-order valence-electron chi connectivity index (χ3n) is 10.1. The van der Waals surface area contributed by atoms with Gasteiger partial charge in [0.1, 0.15) is 42.0 Å². The van der Waals surface area contributed by atoms with E-state index in [0.717, 1.165) is 23.0 Å². The van der Waals surface area contributed by atoms with E-state index >= 15 is 0 Å². The van der Waals surface area contributed by atoms with Crippen LogP contribution in [0.25, 0.3) is 0 Å². The number of nitrogens with zero attached hydrogens (tertiary/aromatic N) is 5. The number of carbonyl (C=O) groups excluding carboxylic acids is 2. The van der Waals surface area contributed by atoms with Gasteiger partial charge < -0.3 is 28.0 Å². The number of hydrogen-bond acceptors (Lipinski definition) is 13. The van der Waals surface area contributed by atoms with Crippen LogP contribution in [-0.2, 0) is 28.9 Å². The Kier molecular flexibility index (Phi) is 16.1. The van der Waals surface area contributed by atoms with Crippen LogP contribution >= 0.6 is 8.53 Å². The minimum atomic E-state index is -1.74. The van der Waals surface area contributed by atoms with Crippen LogP contribution in [0.4, 0.5) is 5.95 Å². The zero-order valence-electron chi connectivity index (χ0n) is 35.3. The SMILES string of the molecule is COc1ccc(C(OC[C@H]2O[C@@H](n3cnc(NC(=O)COc4ccccc4)nc3=O)C[C@H]2OP(OCCC#N)N(C(C)C)C(C)C)(c2ccccc2)c2ccc(C=O)cc2)cc1. The lowest BCUT2D eigenvalue weighted by atomic mass is 9.79. The zero-order chi connectivity index (χ0) is 44.1. The number of aromatic nitrogens is 3. The number of nitriles is 1. The van der Waals surface area contributed by atoms with E-state index in [-0.39, 0.29) is 50.7 Å². The Morgan fingerprint density at radius 2 is 1.58 bits per heavy atom. The number of anilines is 1. The first kappa shape index (κ1) is 45.7. The van der Waals surface area contributed by atoms with Gasteiger partial charge in [0.05, 0.1) is 38.9 Å². The molecule has 1 aliphatic rings. The van der Waals surface area contributed by atoms with E-state index in [4.69, 9.17) is 28.0 Å². The minimum absolute atomic E-state index is 0.0167. The van der Waals surface area contributed by atoms with E-state index in [1.807, 2.05) is 100 Å². The summed E-state index contributed by atoms with van der Waals surface area (Å²) >= 11 is 0. The molecule has 324 valence electrons. The van der Waals surface area contributed by atoms with Gasteiger partial charge >= 0.3 is 5.69 Å². The molecule has 1 amide bonds. The summed E-state index contributed by atoms with van der Waals surface area (Å²) in [6.07, 6.45) is 0.00821. The van der Waals surface area contributed by atoms with Crippen molar-refractivity contribution in [2.75, 3.05) is 32.2 Å². The second kappa shape index (κ2) is 21.8. The van der Waals surface area contributed by atoms with Crippen LogP contribution in [0.15, 0.2) is 120 Å². The summed E-state index contributed by atoms with van der Waals surface area (Å²) in [5.74, 6) is 0.437. The molecule has 0 saturated carbocycles. The van der Waals surface area contributed by atoms with Gasteiger partial charge in [0.25, 0.3) is 14.4 Å². The van der Waals surface area contributed by atoms with Crippen molar-refractivity contribution in [3.63, 3.8) is 0 Å². The second-order valence-corrected chi connectivity index (χ2v) is 16.3. The van der Waals surface area contributed by atoms with Crippen LogP contribution in [0.3, 0.4) is 0 Å². The molecule has 16 heteroatoms. The van der Waals surface area contributed by atoms with Crippen molar-refractivity contribution in [1.82, 2.24) is 19.2 Å². The topological polar surface area (TPSA) is 176 Å². The van der Waals surface area contributed by atoms with Crippen molar-refractivity contribution < 1.29 is 37.6 Å². The molecule has 5 atom stereocenters. The minimum Gasteiger partial charge on any atom is -0.497 e. The fraction of sp³-hybridized carbons (Fsp3) is 0.348. The van der Waals surface area contributed by atoms with Crippen LogP contribution < -0.4 is 20.5 Å². The second-order valence-electron chi connectivity index (χ2n) is 14.9. The van der Waals surface area contributed by atoms with Crippen molar-refractivity contribution in [3.05, 3.63) is 148 Å². The van der Waals surface area contributed by atoms with Crippen molar-refractivity contribution in [2.24, 2.45) is 0 Å². The predicted octanol–water partition coefficient (Wildman–Crippen LogP) is 7.43. The van der Waals surface area contributed by atoms with Gasteiger partial charge in [-0.2, -0.15) is 10.2 Å². The quantitative estimate of drug-likeness (QED) is 0.0334. The van der Waals surface area contributed by atoms with Gasteiger partial charge in [0.2, 0.25) is 5.95 Å². The van der Waals surface area contributed by atoms with Gasteiger partial charge in [-0.3, -0.25) is 19.5 Å². The fourth-order valence-corrected chi connectivity index (χ4v) is 8.98. The van der Waals surface area contributed by atoms with Crippen molar-refractivity contribution in [2.45, 2.75) is 76.7 Å². The summed E-state index contributed by atoms with van der Waals surface area (Å²) in [7, 11) is -0.144. The average Bonchev–Trinajstić information content (AvgIpc) is 3.68. The Morgan fingerprint density at radius 3 is 2.18 bits per heavy atom. The lowest BCUT2D eigenvalue weighted by Gasteiger charge is -2.39. The van der Waals surface area contributed by atoms with Gasteiger partial charge in [-0.15, -0.1) is 0 Å². The van der Waals surface area contributed by atoms with Gasteiger partial charge in [0.15, 0.2) is 6.61 Å². The molecule has 0 spiro atoms. The molecule has 1 N–H and O–H groups in total. The molecule has 15 nitrogen and oxygen atoms in total. The standard InChI is InChI=1S/C46H51N6O9P/c1-32(2)52(33(3)4)62(59-26-12-25-47)61-40-27-43(51-31-48-44(50-45(51)55)49-42(54)30-57-39-15-10-7-11-16-39)60-41(40)29-58-46(35-13-8-6-9-14-35,36-19-17-34(28-53)18-20-36)37-21-23-38(56-5)24-22-37/h6-11,13-24,28,31-33,40-41,43H,12,26-27,29-30H2,1-5H3,(H,49,50,54,55)/t40-,41-,43-,46?,62?/m1/s1. The maximum atomic E-state index is 13.6. The maximum Gasteiger partial charge on any atom is 0.354 e. The summed E-state index contributed by atoms with van der Waals surface area (Å²) in [5.41, 5.74) is 0.885. The Labute approximate surface area is 362 Å². The molecule has 0 radical (unpaired) electrons. The number of methoxy groups -OCH3 is 1. The van der Waals surface area contributed by atoms with E-state index in [2.05, 4.69) is 26.0 Å². The van der Waals surface area contributed by atoms with Gasteiger partial charge in [-0.1, -0.05) is 84.9 Å². The summed E-state index contributed by atoms with van der Waals surface area (Å²) < 4.78 is 41.5. The van der Waals surface area contributed by atoms with E-state index < -0.39 is 44.2 Å². The smallest absolute Gasteiger partial charge is 0.354 e.